The van der Waals surface area contributed by atoms with Crippen LogP contribution in [0, 0.1) is 0 Å². The zero-order valence-electron chi connectivity index (χ0n) is 11.6. The molecule has 0 aromatic rings. The maximum Gasteiger partial charge on any atom is 0.145 e. The van der Waals surface area contributed by atoms with Gasteiger partial charge in [0.15, 0.2) is 0 Å². The van der Waals surface area contributed by atoms with Crippen LogP contribution in [0.2, 0.25) is 0 Å². The maximum absolute atomic E-state index is 9.41. The van der Waals surface area contributed by atoms with Crippen molar-refractivity contribution < 1.29 is 9.90 Å². The van der Waals surface area contributed by atoms with Crippen LogP contribution >= 0.6 is 15.9 Å². The molecular weight excluding hydrogens is 280 g/mol. The van der Waals surface area contributed by atoms with E-state index in [1.54, 1.807) is 20.8 Å². The fourth-order valence-electron chi connectivity index (χ4n) is 0. The van der Waals surface area contributed by atoms with Crippen LogP contribution in [0.5, 0.6) is 0 Å². The summed E-state index contributed by atoms with van der Waals surface area (Å²) in [6, 6.07) is 0. The Kier molecular flexibility index (Phi) is 17.0. The van der Waals surface area contributed by atoms with Crippen LogP contribution in [-0.2, 0) is 4.79 Å². The molecule has 2 atom stereocenters. The van der Waals surface area contributed by atoms with Gasteiger partial charge in [0.25, 0.3) is 0 Å². The summed E-state index contributed by atoms with van der Waals surface area (Å²) in [6.07, 6.45) is 0.380. The summed E-state index contributed by atoms with van der Waals surface area (Å²) in [4.78, 5) is 9.87. The molecule has 0 fully saturated rings. The molecule has 2 nitrogen and oxygen atoms in total. The smallest absolute Gasteiger partial charge is 0.145 e. The predicted molar refractivity (Wildman–Crippen MR) is 80.6 cm³/mol. The Labute approximate surface area is 114 Å². The minimum atomic E-state index is -0.343. The van der Waals surface area contributed by atoms with Crippen molar-refractivity contribution in [1.29, 1.82) is 0 Å². The number of alkyl halides is 1. The van der Waals surface area contributed by atoms with Gasteiger partial charge in [0.1, 0.15) is 6.29 Å². The summed E-state index contributed by atoms with van der Waals surface area (Å²) in [5.41, 5.74) is 2.56. The Morgan fingerprint density at radius 2 is 1.29 bits per heavy atom. The second kappa shape index (κ2) is 13.4. The molecule has 0 aromatic heterocycles. The van der Waals surface area contributed by atoms with Crippen molar-refractivity contribution in [3.63, 3.8) is 0 Å². The lowest BCUT2D eigenvalue weighted by atomic mass is 10.2. The SMILES string of the molecule is C=C(C)C(C)Br.C=C(C)C(C)O.C=C(C)C=O. The molecule has 0 spiro atoms. The molecule has 0 radical (unpaired) electrons. The Balaban J connectivity index is -0.000000174. The maximum atomic E-state index is 9.41. The van der Waals surface area contributed by atoms with Crippen molar-refractivity contribution in [2.24, 2.45) is 0 Å². The molecule has 0 aliphatic heterocycles. The third kappa shape index (κ3) is 31.3. The van der Waals surface area contributed by atoms with Gasteiger partial charge in [-0.1, -0.05) is 46.8 Å². The van der Waals surface area contributed by atoms with Gasteiger partial charge in [-0.15, -0.1) is 0 Å². The highest BCUT2D eigenvalue weighted by Crippen LogP contribution is 2.05. The molecular formula is C14H25BrO2. The number of aliphatic hydroxyl groups excluding tert-OH is 1. The quantitative estimate of drug-likeness (QED) is 0.370. The molecule has 2 unspecified atom stereocenters. The fraction of sp³-hybridized carbons (Fsp3) is 0.500. The number of aliphatic hydroxyl groups is 1. The highest BCUT2D eigenvalue weighted by molar-refractivity contribution is 9.09. The van der Waals surface area contributed by atoms with Crippen LogP contribution in [0.1, 0.15) is 34.6 Å². The summed E-state index contributed by atoms with van der Waals surface area (Å²) in [6.45, 7) is 19.7. The number of rotatable bonds is 3. The van der Waals surface area contributed by atoms with E-state index in [9.17, 15) is 4.79 Å². The molecule has 0 heterocycles. The van der Waals surface area contributed by atoms with Gasteiger partial charge in [0.05, 0.1) is 6.10 Å². The number of carbonyl (C=O) groups is 1. The van der Waals surface area contributed by atoms with E-state index in [0.29, 0.717) is 10.4 Å². The van der Waals surface area contributed by atoms with Gasteiger partial charge in [-0.2, -0.15) is 0 Å². The first kappa shape index (κ1) is 21.6. The first-order chi connectivity index (χ1) is 7.56. The van der Waals surface area contributed by atoms with E-state index in [0.717, 1.165) is 11.9 Å². The van der Waals surface area contributed by atoms with Crippen LogP contribution in [-0.4, -0.2) is 22.3 Å². The molecule has 0 saturated carbocycles. The van der Waals surface area contributed by atoms with E-state index < -0.39 is 0 Å². The highest BCUT2D eigenvalue weighted by Gasteiger charge is 1.90. The van der Waals surface area contributed by atoms with Crippen molar-refractivity contribution in [1.82, 2.24) is 0 Å². The lowest BCUT2D eigenvalue weighted by Gasteiger charge is -1.97. The zero-order chi connectivity index (χ0) is 14.6. The van der Waals surface area contributed by atoms with E-state index in [1.165, 1.54) is 5.57 Å². The van der Waals surface area contributed by atoms with Gasteiger partial charge in [0, 0.05) is 4.83 Å². The minimum Gasteiger partial charge on any atom is -0.389 e. The Hall–Kier alpha value is -0.670. The molecule has 0 amide bonds. The lowest BCUT2D eigenvalue weighted by Crippen LogP contribution is -1.97. The van der Waals surface area contributed by atoms with Crippen LogP contribution in [0.3, 0.4) is 0 Å². The van der Waals surface area contributed by atoms with E-state index in [1.807, 2.05) is 6.92 Å². The van der Waals surface area contributed by atoms with Gasteiger partial charge in [-0.3, -0.25) is 4.79 Å². The van der Waals surface area contributed by atoms with Gasteiger partial charge in [-0.05, 0) is 40.2 Å². The predicted octanol–water partition coefficient (Wildman–Crippen LogP) is 4.05. The number of halogens is 1. The molecule has 0 aromatic carbocycles. The molecule has 0 saturated heterocycles. The molecule has 1 N–H and O–H groups in total. The van der Waals surface area contributed by atoms with Crippen molar-refractivity contribution in [3.8, 4) is 0 Å². The second-order valence-corrected chi connectivity index (χ2v) is 5.32. The number of hydrogen-bond donors (Lipinski definition) is 1. The first-order valence-corrected chi connectivity index (χ1v) is 6.21. The van der Waals surface area contributed by atoms with Gasteiger partial charge in [0.2, 0.25) is 0 Å². The van der Waals surface area contributed by atoms with Crippen molar-refractivity contribution in [3.05, 3.63) is 36.5 Å². The van der Waals surface area contributed by atoms with E-state index in [2.05, 4.69) is 42.6 Å². The van der Waals surface area contributed by atoms with Gasteiger partial charge in [-0.25, -0.2) is 0 Å². The van der Waals surface area contributed by atoms with E-state index in [-0.39, 0.29) is 6.10 Å². The third-order valence-corrected chi connectivity index (χ3v) is 2.38. The van der Waals surface area contributed by atoms with Crippen molar-refractivity contribution in [2.75, 3.05) is 0 Å². The van der Waals surface area contributed by atoms with Crippen LogP contribution in [0.4, 0.5) is 0 Å². The van der Waals surface area contributed by atoms with Crippen molar-refractivity contribution in [2.45, 2.75) is 45.5 Å². The topological polar surface area (TPSA) is 37.3 Å². The number of aldehydes is 1. The Morgan fingerprint density at radius 1 is 1.12 bits per heavy atom. The summed E-state index contributed by atoms with van der Waals surface area (Å²) in [5, 5.41) is 8.53. The van der Waals surface area contributed by atoms with Crippen LogP contribution < -0.4 is 0 Å². The molecule has 0 aliphatic rings. The van der Waals surface area contributed by atoms with E-state index >= 15 is 0 Å². The molecule has 0 aliphatic carbocycles. The third-order valence-electron chi connectivity index (χ3n) is 1.59. The van der Waals surface area contributed by atoms with E-state index in [4.69, 9.17) is 5.11 Å². The monoisotopic (exact) mass is 304 g/mol. The molecule has 100 valence electrons. The second-order valence-electron chi connectivity index (χ2n) is 3.95. The standard InChI is InChI=1S/C5H9Br.C5H10O.C4H6O/c2*1-4(2)5(3)6;1-4(2)3-5/h5H,1H2,2-3H3;5-6H,1H2,2-3H3;3H,1H2,2H3. The minimum absolute atomic E-state index is 0.343. The Morgan fingerprint density at radius 3 is 1.29 bits per heavy atom. The Bertz CT molecular complexity index is 235. The average Bonchev–Trinajstić information content (AvgIpc) is 2.19. The lowest BCUT2D eigenvalue weighted by molar-refractivity contribution is -0.104. The van der Waals surface area contributed by atoms with Crippen LogP contribution in [0.15, 0.2) is 36.5 Å². The molecule has 0 bridgehead atoms. The largest absolute Gasteiger partial charge is 0.389 e. The zero-order valence-corrected chi connectivity index (χ0v) is 13.2. The van der Waals surface area contributed by atoms with Gasteiger partial charge < -0.3 is 5.11 Å². The normalized spacial score (nSPS) is 11.7. The average molecular weight is 305 g/mol. The summed E-state index contributed by atoms with van der Waals surface area (Å²) >= 11 is 3.34. The highest BCUT2D eigenvalue weighted by atomic mass is 79.9. The van der Waals surface area contributed by atoms with Crippen molar-refractivity contribution >= 4 is 22.2 Å². The summed E-state index contributed by atoms with van der Waals surface area (Å²) < 4.78 is 0. The first-order valence-electron chi connectivity index (χ1n) is 5.29. The molecule has 3 heteroatoms. The molecule has 0 rings (SSSR count). The summed E-state index contributed by atoms with van der Waals surface area (Å²) in [7, 11) is 0. The number of hydrogen-bond acceptors (Lipinski definition) is 2. The summed E-state index contributed by atoms with van der Waals surface area (Å²) in [5.74, 6) is 0. The number of allylic oxidation sites excluding steroid dienone is 2. The number of carbonyl (C=O) groups excluding carboxylic acids is 1. The fourth-order valence-corrected chi connectivity index (χ4v) is 0. The van der Waals surface area contributed by atoms with Crippen LogP contribution in [0.25, 0.3) is 0 Å². The van der Waals surface area contributed by atoms with Gasteiger partial charge >= 0.3 is 0 Å². The molecule has 17 heavy (non-hydrogen) atoms.